The number of nitrogens with zero attached hydrogens (tertiary/aromatic N) is 1. The molecule has 1 spiro atoms. The molecule has 3 aromatic rings. The lowest BCUT2D eigenvalue weighted by Crippen LogP contribution is -2.54. The Morgan fingerprint density at radius 1 is 1.11 bits per heavy atom. The lowest BCUT2D eigenvalue weighted by Gasteiger charge is -2.36. The average molecular weight is 515 g/mol. The summed E-state index contributed by atoms with van der Waals surface area (Å²) in [4.78, 5) is 42.7. The lowest BCUT2D eigenvalue weighted by molar-refractivity contribution is -0.155. The molecule has 3 aliphatic heterocycles. The van der Waals surface area contributed by atoms with E-state index >= 15 is 0 Å². The van der Waals surface area contributed by atoms with Gasteiger partial charge >= 0.3 is 5.97 Å². The Morgan fingerprint density at radius 2 is 1.84 bits per heavy atom. The van der Waals surface area contributed by atoms with Gasteiger partial charge in [-0.3, -0.25) is 14.4 Å². The van der Waals surface area contributed by atoms with Gasteiger partial charge in [-0.2, -0.15) is 0 Å². The number of ether oxygens (including phenoxy) is 2. The van der Waals surface area contributed by atoms with Crippen LogP contribution in [0.1, 0.15) is 31.4 Å². The molecular weight excluding hydrogens is 484 g/mol. The molecule has 0 aliphatic carbocycles. The van der Waals surface area contributed by atoms with Gasteiger partial charge < -0.3 is 24.8 Å². The van der Waals surface area contributed by atoms with Crippen molar-refractivity contribution >= 4 is 34.2 Å². The Hall–Kier alpha value is -3.75. The number of fused-ring (bicyclic) bond motifs is 2. The van der Waals surface area contributed by atoms with Crippen LogP contribution in [0.2, 0.25) is 0 Å². The Bertz CT molecular complexity index is 1390. The Morgan fingerprint density at radius 3 is 2.58 bits per heavy atom. The van der Waals surface area contributed by atoms with Gasteiger partial charge in [-0.25, -0.2) is 0 Å². The molecule has 8 heteroatoms. The molecule has 6 atom stereocenters. The highest BCUT2D eigenvalue weighted by atomic mass is 16.6. The molecule has 3 aromatic carbocycles. The Labute approximate surface area is 220 Å². The quantitative estimate of drug-likeness (QED) is 0.468. The molecular formula is C30H30N2O6. The minimum atomic E-state index is -1.18. The third-order valence-corrected chi connectivity index (χ3v) is 8.26. The molecule has 3 saturated heterocycles. The highest BCUT2D eigenvalue weighted by molar-refractivity contribution is 6.04. The van der Waals surface area contributed by atoms with Gasteiger partial charge in [-0.15, -0.1) is 0 Å². The van der Waals surface area contributed by atoms with E-state index in [1.807, 2.05) is 72.8 Å². The summed E-state index contributed by atoms with van der Waals surface area (Å²) in [6.45, 7) is 1.53. The molecule has 0 unspecified atom stereocenters. The van der Waals surface area contributed by atoms with Crippen molar-refractivity contribution in [3.63, 3.8) is 0 Å². The second-order valence-electron chi connectivity index (χ2n) is 10.2. The van der Waals surface area contributed by atoms with Gasteiger partial charge in [0.05, 0.1) is 37.2 Å². The largest absolute Gasteiger partial charge is 0.466 e. The highest BCUT2D eigenvalue weighted by Crippen LogP contribution is 2.60. The van der Waals surface area contributed by atoms with Crippen LogP contribution in [0.5, 0.6) is 0 Å². The number of likely N-dealkylation sites (tertiary alicyclic amines) is 1. The van der Waals surface area contributed by atoms with Crippen LogP contribution in [0.15, 0.2) is 72.8 Å². The van der Waals surface area contributed by atoms with E-state index in [1.54, 1.807) is 6.92 Å². The molecule has 0 aromatic heterocycles. The molecule has 6 rings (SSSR count). The summed E-state index contributed by atoms with van der Waals surface area (Å²) in [5.74, 6) is -2.89. The second kappa shape index (κ2) is 9.53. The van der Waals surface area contributed by atoms with E-state index in [0.717, 1.165) is 10.8 Å². The van der Waals surface area contributed by atoms with Gasteiger partial charge in [0.15, 0.2) is 0 Å². The van der Waals surface area contributed by atoms with E-state index < -0.39 is 47.5 Å². The SMILES string of the molecule is CCOC(=O)[C@@H]1[C@H]2C(=O)N([C@H](CO)c3ccccc3)[C@H](C(=O)Nc3ccc4ccccc4c3)[C@]23CC[C@H]1O3. The maximum atomic E-state index is 14.2. The highest BCUT2D eigenvalue weighted by Gasteiger charge is 2.75. The molecule has 3 aliphatic rings. The molecule has 2 bridgehead atoms. The minimum Gasteiger partial charge on any atom is -0.466 e. The lowest BCUT2D eigenvalue weighted by atomic mass is 9.70. The summed E-state index contributed by atoms with van der Waals surface area (Å²) >= 11 is 0. The summed E-state index contributed by atoms with van der Waals surface area (Å²) in [5, 5.41) is 15.5. The predicted octanol–water partition coefficient (Wildman–Crippen LogP) is 3.45. The summed E-state index contributed by atoms with van der Waals surface area (Å²) in [6.07, 6.45) is 0.532. The van der Waals surface area contributed by atoms with Gasteiger partial charge in [0, 0.05) is 5.69 Å². The molecule has 3 heterocycles. The van der Waals surface area contributed by atoms with E-state index in [4.69, 9.17) is 9.47 Å². The van der Waals surface area contributed by atoms with Gasteiger partial charge in [0.25, 0.3) is 0 Å². The number of amides is 2. The molecule has 2 N–H and O–H groups in total. The van der Waals surface area contributed by atoms with Crippen LogP contribution in [0.4, 0.5) is 5.69 Å². The smallest absolute Gasteiger partial charge is 0.312 e. The topological polar surface area (TPSA) is 105 Å². The average Bonchev–Trinajstić information content (AvgIpc) is 3.57. The Kier molecular flexibility index (Phi) is 6.16. The fourth-order valence-electron chi connectivity index (χ4n) is 6.74. The number of aliphatic hydroxyl groups is 1. The van der Waals surface area contributed by atoms with Crippen molar-refractivity contribution in [2.24, 2.45) is 11.8 Å². The predicted molar refractivity (Wildman–Crippen MR) is 140 cm³/mol. The summed E-state index contributed by atoms with van der Waals surface area (Å²) in [7, 11) is 0. The zero-order chi connectivity index (χ0) is 26.4. The summed E-state index contributed by atoms with van der Waals surface area (Å²) in [6, 6.07) is 20.8. The van der Waals surface area contributed by atoms with E-state index in [1.165, 1.54) is 4.90 Å². The maximum absolute atomic E-state index is 14.2. The number of aliphatic hydroxyl groups excluding tert-OH is 1. The van der Waals surface area contributed by atoms with Crippen molar-refractivity contribution in [3.05, 3.63) is 78.4 Å². The molecule has 3 fully saturated rings. The normalized spacial score (nSPS) is 28.4. The Balaban J connectivity index is 1.42. The third kappa shape index (κ3) is 3.70. The molecule has 0 saturated carbocycles. The van der Waals surface area contributed by atoms with Crippen molar-refractivity contribution in [1.82, 2.24) is 4.90 Å². The third-order valence-electron chi connectivity index (χ3n) is 8.26. The number of carbonyl (C=O) groups excluding carboxylic acids is 3. The zero-order valence-electron chi connectivity index (χ0n) is 21.1. The first-order valence-corrected chi connectivity index (χ1v) is 13.1. The van der Waals surface area contributed by atoms with Crippen LogP contribution in [0.25, 0.3) is 10.8 Å². The fraction of sp³-hybridized carbons (Fsp3) is 0.367. The number of hydrogen-bond donors (Lipinski definition) is 2. The van der Waals surface area contributed by atoms with Crippen LogP contribution in [-0.2, 0) is 23.9 Å². The number of esters is 1. The summed E-state index contributed by atoms with van der Waals surface area (Å²) in [5.41, 5.74) is 0.114. The zero-order valence-corrected chi connectivity index (χ0v) is 21.1. The summed E-state index contributed by atoms with van der Waals surface area (Å²) < 4.78 is 11.8. The van der Waals surface area contributed by atoms with Crippen molar-refractivity contribution < 1.29 is 29.0 Å². The van der Waals surface area contributed by atoms with E-state index in [-0.39, 0.29) is 19.1 Å². The molecule has 196 valence electrons. The van der Waals surface area contributed by atoms with Crippen LogP contribution in [0, 0.1) is 11.8 Å². The van der Waals surface area contributed by atoms with Crippen LogP contribution in [0.3, 0.4) is 0 Å². The van der Waals surface area contributed by atoms with E-state index in [2.05, 4.69) is 5.32 Å². The number of nitrogens with one attached hydrogen (secondary N) is 1. The number of benzene rings is 3. The van der Waals surface area contributed by atoms with E-state index in [0.29, 0.717) is 24.1 Å². The van der Waals surface area contributed by atoms with Gasteiger partial charge in [0.2, 0.25) is 11.8 Å². The first kappa shape index (κ1) is 24.6. The van der Waals surface area contributed by atoms with Crippen molar-refractivity contribution in [2.75, 3.05) is 18.5 Å². The van der Waals surface area contributed by atoms with Crippen molar-refractivity contribution in [3.8, 4) is 0 Å². The number of hydrogen-bond acceptors (Lipinski definition) is 6. The van der Waals surface area contributed by atoms with Crippen LogP contribution < -0.4 is 5.32 Å². The molecule has 38 heavy (non-hydrogen) atoms. The van der Waals surface area contributed by atoms with Gasteiger partial charge in [0.1, 0.15) is 11.6 Å². The first-order valence-electron chi connectivity index (χ1n) is 13.1. The monoisotopic (exact) mass is 514 g/mol. The number of rotatable bonds is 7. The number of anilines is 1. The second-order valence-corrected chi connectivity index (χ2v) is 10.2. The standard InChI is InChI=1S/C30H30N2O6/c1-2-37-29(36)24-23-14-15-30(38-23)25(24)28(35)32(22(17-33)19-9-4-3-5-10-19)26(30)27(34)31-21-13-12-18-8-6-7-11-20(18)16-21/h3-13,16,22-26,33H,2,14-15,17H2,1H3,(H,31,34)/t22-,23-,24+,25+,26-,30+/m1/s1. The van der Waals surface area contributed by atoms with Crippen molar-refractivity contribution in [2.45, 2.75) is 43.6 Å². The molecule has 2 amide bonds. The molecule has 8 nitrogen and oxygen atoms in total. The maximum Gasteiger partial charge on any atom is 0.312 e. The van der Waals surface area contributed by atoms with E-state index in [9.17, 15) is 19.5 Å². The van der Waals surface area contributed by atoms with Gasteiger partial charge in [-0.1, -0.05) is 60.7 Å². The van der Waals surface area contributed by atoms with Crippen LogP contribution in [-0.4, -0.2) is 58.8 Å². The minimum absolute atomic E-state index is 0.189. The first-order chi connectivity index (χ1) is 18.5. The fourth-order valence-corrected chi connectivity index (χ4v) is 6.74. The number of carbonyl (C=O) groups is 3. The van der Waals surface area contributed by atoms with Crippen LogP contribution >= 0.6 is 0 Å². The molecule has 0 radical (unpaired) electrons. The van der Waals surface area contributed by atoms with Crippen molar-refractivity contribution in [1.29, 1.82) is 0 Å². The van der Waals surface area contributed by atoms with Gasteiger partial charge in [-0.05, 0) is 48.2 Å².